The fourth-order valence-corrected chi connectivity index (χ4v) is 3.23. The standard InChI is InChI=1S/C16H24N2O/c1-16(14-6-7-14)12-18(9-8-17-16)15-5-3-4-13(10-15)11-19-2/h3-5,10,14,17H,6-9,11-12H2,1-2H3. The highest BCUT2D eigenvalue weighted by Crippen LogP contribution is 2.41. The van der Waals surface area contributed by atoms with Crippen LogP contribution in [0.25, 0.3) is 0 Å². The summed E-state index contributed by atoms with van der Waals surface area (Å²) in [5.74, 6) is 0.873. The lowest BCUT2D eigenvalue weighted by Gasteiger charge is -2.43. The van der Waals surface area contributed by atoms with Crippen LogP contribution in [-0.2, 0) is 11.3 Å². The highest BCUT2D eigenvalue weighted by molar-refractivity contribution is 5.49. The van der Waals surface area contributed by atoms with Crippen LogP contribution in [0.2, 0.25) is 0 Å². The molecule has 3 heteroatoms. The fourth-order valence-electron chi connectivity index (χ4n) is 3.23. The molecule has 0 radical (unpaired) electrons. The molecule has 1 heterocycles. The van der Waals surface area contributed by atoms with Gasteiger partial charge in [-0.2, -0.15) is 0 Å². The van der Waals surface area contributed by atoms with E-state index in [-0.39, 0.29) is 0 Å². The summed E-state index contributed by atoms with van der Waals surface area (Å²) in [4.78, 5) is 2.52. The Morgan fingerprint density at radius 3 is 3.00 bits per heavy atom. The summed E-state index contributed by atoms with van der Waals surface area (Å²) in [5.41, 5.74) is 2.89. The van der Waals surface area contributed by atoms with Gasteiger partial charge >= 0.3 is 0 Å². The van der Waals surface area contributed by atoms with Crippen molar-refractivity contribution >= 4 is 5.69 Å². The SMILES string of the molecule is COCc1cccc(N2CCNC(C)(C3CC3)C2)c1. The molecule has 19 heavy (non-hydrogen) atoms. The zero-order chi connectivity index (χ0) is 13.3. The highest BCUT2D eigenvalue weighted by Gasteiger charge is 2.43. The molecule has 0 bridgehead atoms. The van der Waals surface area contributed by atoms with Crippen LogP contribution in [0.3, 0.4) is 0 Å². The molecule has 1 aromatic carbocycles. The largest absolute Gasteiger partial charge is 0.380 e. The zero-order valence-electron chi connectivity index (χ0n) is 12.0. The Hall–Kier alpha value is -1.06. The summed E-state index contributed by atoms with van der Waals surface area (Å²) in [5, 5.41) is 3.73. The first-order valence-corrected chi connectivity index (χ1v) is 7.29. The quantitative estimate of drug-likeness (QED) is 0.900. The van der Waals surface area contributed by atoms with Crippen LogP contribution in [0.15, 0.2) is 24.3 Å². The highest BCUT2D eigenvalue weighted by atomic mass is 16.5. The van der Waals surface area contributed by atoms with Crippen LogP contribution in [-0.4, -0.2) is 32.3 Å². The van der Waals surface area contributed by atoms with Crippen LogP contribution in [0.4, 0.5) is 5.69 Å². The van der Waals surface area contributed by atoms with Crippen molar-refractivity contribution in [1.82, 2.24) is 5.32 Å². The number of benzene rings is 1. The molecule has 0 spiro atoms. The third kappa shape index (κ3) is 2.77. The van der Waals surface area contributed by atoms with Gasteiger partial charge in [0.2, 0.25) is 0 Å². The molecule has 1 aromatic rings. The minimum atomic E-state index is 0.301. The Labute approximate surface area is 115 Å². The summed E-state index contributed by atoms with van der Waals surface area (Å²) in [6.07, 6.45) is 2.78. The lowest BCUT2D eigenvalue weighted by Crippen LogP contribution is -2.60. The maximum atomic E-state index is 5.23. The Morgan fingerprint density at radius 2 is 2.26 bits per heavy atom. The monoisotopic (exact) mass is 260 g/mol. The summed E-state index contributed by atoms with van der Waals surface area (Å²) >= 11 is 0. The van der Waals surface area contributed by atoms with Crippen molar-refractivity contribution in [3.05, 3.63) is 29.8 Å². The third-order valence-electron chi connectivity index (χ3n) is 4.49. The van der Waals surface area contributed by atoms with Gasteiger partial charge in [-0.25, -0.2) is 0 Å². The second kappa shape index (κ2) is 5.14. The van der Waals surface area contributed by atoms with Crippen molar-refractivity contribution in [2.24, 2.45) is 5.92 Å². The first-order valence-electron chi connectivity index (χ1n) is 7.29. The summed E-state index contributed by atoms with van der Waals surface area (Å²) in [6, 6.07) is 8.76. The summed E-state index contributed by atoms with van der Waals surface area (Å²) in [7, 11) is 1.75. The Morgan fingerprint density at radius 1 is 1.42 bits per heavy atom. The van der Waals surface area contributed by atoms with Gasteiger partial charge in [-0.05, 0) is 43.4 Å². The van der Waals surface area contributed by atoms with E-state index in [4.69, 9.17) is 4.74 Å². The number of piperazine rings is 1. The summed E-state index contributed by atoms with van der Waals surface area (Å²) in [6.45, 7) is 6.38. The number of anilines is 1. The van der Waals surface area contributed by atoms with Crippen molar-refractivity contribution in [1.29, 1.82) is 0 Å². The number of hydrogen-bond acceptors (Lipinski definition) is 3. The van der Waals surface area contributed by atoms with E-state index in [1.807, 2.05) is 0 Å². The van der Waals surface area contributed by atoms with E-state index >= 15 is 0 Å². The van der Waals surface area contributed by atoms with Crippen LogP contribution >= 0.6 is 0 Å². The maximum absolute atomic E-state index is 5.23. The van der Waals surface area contributed by atoms with Crippen molar-refractivity contribution in [3.8, 4) is 0 Å². The zero-order valence-corrected chi connectivity index (χ0v) is 12.0. The number of nitrogens with one attached hydrogen (secondary N) is 1. The molecule has 1 saturated heterocycles. The molecular weight excluding hydrogens is 236 g/mol. The Balaban J connectivity index is 1.75. The van der Waals surface area contributed by atoms with Gasteiger partial charge in [-0.15, -0.1) is 0 Å². The lowest BCUT2D eigenvalue weighted by atomic mass is 9.92. The van der Waals surface area contributed by atoms with Gasteiger partial charge in [0.1, 0.15) is 0 Å². The third-order valence-corrected chi connectivity index (χ3v) is 4.49. The molecule has 1 aliphatic heterocycles. The number of ether oxygens (including phenoxy) is 1. The van der Waals surface area contributed by atoms with Gasteiger partial charge in [-0.3, -0.25) is 0 Å². The molecule has 1 saturated carbocycles. The minimum Gasteiger partial charge on any atom is -0.380 e. The molecule has 1 aliphatic carbocycles. The number of methoxy groups -OCH3 is 1. The van der Waals surface area contributed by atoms with Crippen LogP contribution in [0, 0.1) is 5.92 Å². The number of nitrogens with zero attached hydrogens (tertiary/aromatic N) is 1. The molecule has 0 aromatic heterocycles. The van der Waals surface area contributed by atoms with E-state index in [1.54, 1.807) is 7.11 Å². The summed E-state index contributed by atoms with van der Waals surface area (Å²) < 4.78 is 5.23. The molecule has 1 atom stereocenters. The van der Waals surface area contributed by atoms with E-state index in [0.29, 0.717) is 12.1 Å². The van der Waals surface area contributed by atoms with Gasteiger partial charge in [0.25, 0.3) is 0 Å². The van der Waals surface area contributed by atoms with Gasteiger partial charge in [0.05, 0.1) is 6.61 Å². The average Bonchev–Trinajstić information content (AvgIpc) is 3.24. The molecular formula is C16H24N2O. The fraction of sp³-hybridized carbons (Fsp3) is 0.625. The number of hydrogen-bond donors (Lipinski definition) is 1. The maximum Gasteiger partial charge on any atom is 0.0713 e. The first-order chi connectivity index (χ1) is 9.21. The van der Waals surface area contributed by atoms with Crippen molar-refractivity contribution in [2.45, 2.75) is 31.9 Å². The van der Waals surface area contributed by atoms with Crippen LogP contribution in [0.5, 0.6) is 0 Å². The van der Waals surface area contributed by atoms with E-state index in [1.165, 1.54) is 24.1 Å². The first kappa shape index (κ1) is 12.9. The topological polar surface area (TPSA) is 24.5 Å². The molecule has 1 unspecified atom stereocenters. The van der Waals surface area contributed by atoms with E-state index in [2.05, 4.69) is 41.4 Å². The van der Waals surface area contributed by atoms with Crippen LogP contribution < -0.4 is 10.2 Å². The number of rotatable bonds is 4. The average molecular weight is 260 g/mol. The van der Waals surface area contributed by atoms with Crippen LogP contribution in [0.1, 0.15) is 25.3 Å². The predicted octanol–water partition coefficient (Wildman–Crippen LogP) is 2.41. The molecule has 3 rings (SSSR count). The van der Waals surface area contributed by atoms with E-state index in [9.17, 15) is 0 Å². The van der Waals surface area contributed by atoms with Gasteiger partial charge in [0.15, 0.2) is 0 Å². The second-order valence-corrected chi connectivity index (χ2v) is 6.14. The lowest BCUT2D eigenvalue weighted by molar-refractivity contribution is 0.185. The smallest absolute Gasteiger partial charge is 0.0713 e. The second-order valence-electron chi connectivity index (χ2n) is 6.14. The van der Waals surface area contributed by atoms with Crippen molar-refractivity contribution < 1.29 is 4.74 Å². The van der Waals surface area contributed by atoms with Crippen molar-refractivity contribution in [2.75, 3.05) is 31.6 Å². The molecule has 104 valence electrons. The molecule has 2 aliphatic rings. The van der Waals surface area contributed by atoms with Gasteiger partial charge in [-0.1, -0.05) is 12.1 Å². The molecule has 2 fully saturated rings. The Kier molecular flexibility index (Phi) is 3.50. The molecule has 1 N–H and O–H groups in total. The van der Waals surface area contributed by atoms with E-state index in [0.717, 1.165) is 25.6 Å². The van der Waals surface area contributed by atoms with E-state index < -0.39 is 0 Å². The normalized spacial score (nSPS) is 27.6. The predicted molar refractivity (Wildman–Crippen MR) is 78.5 cm³/mol. The molecule has 0 amide bonds. The van der Waals surface area contributed by atoms with Gasteiger partial charge in [0, 0.05) is 38.0 Å². The molecule has 3 nitrogen and oxygen atoms in total. The Bertz CT molecular complexity index is 444. The minimum absolute atomic E-state index is 0.301. The van der Waals surface area contributed by atoms with Gasteiger partial charge < -0.3 is 15.0 Å². The van der Waals surface area contributed by atoms with Crippen molar-refractivity contribution in [3.63, 3.8) is 0 Å².